The third kappa shape index (κ3) is 8.40. The number of alkyl halides is 5. The normalized spacial score (nSPS) is 10.5. The molecular weight excluding hydrogens is 469 g/mol. The molecule has 0 saturated carbocycles. The second-order valence-corrected chi connectivity index (χ2v) is 5.78. The molecule has 136 valence electrons. The summed E-state index contributed by atoms with van der Waals surface area (Å²) in [6.07, 6.45) is -4.62. The fourth-order valence-corrected chi connectivity index (χ4v) is 2.42. The Kier molecular flexibility index (Phi) is 8.99. The van der Waals surface area contributed by atoms with E-state index in [4.69, 9.17) is 0 Å². The fraction of sp³-hybridized carbons (Fsp3) is 0.235. The topological polar surface area (TPSA) is 35.5 Å². The molecule has 0 bridgehead atoms. The molecule has 0 radical (unpaired) electrons. The zero-order chi connectivity index (χ0) is 18.9. The van der Waals surface area contributed by atoms with Gasteiger partial charge in [0.15, 0.2) is 0 Å². The van der Waals surface area contributed by atoms with Crippen molar-refractivity contribution < 1.29 is 27.4 Å². The lowest BCUT2D eigenvalue weighted by Crippen LogP contribution is -2.17. The number of ether oxygens (including phenoxy) is 2. The van der Waals surface area contributed by atoms with Gasteiger partial charge in [0.05, 0.1) is 12.7 Å². The van der Waals surface area contributed by atoms with Crippen molar-refractivity contribution in [1.82, 2.24) is 0 Å². The molecule has 8 heteroatoms. The molecule has 0 aliphatic carbocycles. The maximum Gasteiger partial charge on any atom is 0.573 e. The quantitative estimate of drug-likeness (QED) is 0.404. The summed E-state index contributed by atoms with van der Waals surface area (Å²) in [5.41, 5.74) is 2.40. The van der Waals surface area contributed by atoms with Gasteiger partial charge >= 0.3 is 12.3 Å². The zero-order valence-corrected chi connectivity index (χ0v) is 16.3. The summed E-state index contributed by atoms with van der Waals surface area (Å²) in [5, 5.41) is 1.25. The minimum absolute atomic E-state index is 0.190. The van der Waals surface area contributed by atoms with Crippen molar-refractivity contribution in [2.45, 2.75) is 17.0 Å². The van der Waals surface area contributed by atoms with E-state index in [1.54, 1.807) is 18.2 Å². The monoisotopic (exact) mass is 482 g/mol. The van der Waals surface area contributed by atoms with Crippen LogP contribution in [-0.4, -0.2) is 19.4 Å². The number of hydrogen-bond donors (Lipinski definition) is 0. The number of rotatable bonds is 4. The van der Waals surface area contributed by atoms with Crippen LogP contribution in [-0.2, 0) is 15.4 Å². The van der Waals surface area contributed by atoms with E-state index in [1.807, 2.05) is 12.1 Å². The summed E-state index contributed by atoms with van der Waals surface area (Å²) in [6.45, 7) is 0. The van der Waals surface area contributed by atoms with Gasteiger partial charge in [0.1, 0.15) is 5.75 Å². The largest absolute Gasteiger partial charge is 0.573 e. The first-order valence-corrected chi connectivity index (χ1v) is 9.17. The SMILES string of the molecule is COC(=O)c1cccc(CBr)c1.FC(F)(F)Oc1cccc(CBr)c1. The van der Waals surface area contributed by atoms with Gasteiger partial charge in [0.25, 0.3) is 0 Å². The molecule has 0 amide bonds. The molecule has 0 unspecified atom stereocenters. The Bertz CT molecular complexity index is 691. The maximum atomic E-state index is 11.7. The van der Waals surface area contributed by atoms with E-state index in [1.165, 1.54) is 25.3 Å². The Labute approximate surface area is 160 Å². The van der Waals surface area contributed by atoms with E-state index in [2.05, 4.69) is 41.3 Å². The van der Waals surface area contributed by atoms with Crippen LogP contribution in [0.25, 0.3) is 0 Å². The van der Waals surface area contributed by atoms with E-state index >= 15 is 0 Å². The van der Waals surface area contributed by atoms with Crippen LogP contribution in [0.5, 0.6) is 5.75 Å². The highest BCUT2D eigenvalue weighted by atomic mass is 79.9. The highest BCUT2D eigenvalue weighted by Gasteiger charge is 2.30. The van der Waals surface area contributed by atoms with Crippen LogP contribution in [0, 0.1) is 0 Å². The smallest absolute Gasteiger partial charge is 0.465 e. The zero-order valence-electron chi connectivity index (χ0n) is 13.1. The van der Waals surface area contributed by atoms with E-state index < -0.39 is 6.36 Å². The van der Waals surface area contributed by atoms with Crippen LogP contribution in [0.3, 0.4) is 0 Å². The average molecular weight is 484 g/mol. The maximum absolute atomic E-state index is 11.7. The number of halogens is 5. The molecule has 2 rings (SSSR count). The summed E-state index contributed by atoms with van der Waals surface area (Å²) in [7, 11) is 1.38. The Morgan fingerprint density at radius 3 is 2.08 bits per heavy atom. The number of hydrogen-bond acceptors (Lipinski definition) is 3. The van der Waals surface area contributed by atoms with E-state index in [9.17, 15) is 18.0 Å². The Morgan fingerprint density at radius 2 is 1.56 bits per heavy atom. The van der Waals surface area contributed by atoms with Crippen LogP contribution in [0.15, 0.2) is 48.5 Å². The Hall–Kier alpha value is -1.54. The highest BCUT2D eigenvalue weighted by Crippen LogP contribution is 2.23. The average Bonchev–Trinajstić information content (AvgIpc) is 2.60. The van der Waals surface area contributed by atoms with Gasteiger partial charge in [-0.25, -0.2) is 4.79 Å². The molecule has 0 fully saturated rings. The molecule has 2 aromatic carbocycles. The number of carbonyl (C=O) groups excluding carboxylic acids is 1. The fourth-order valence-electron chi connectivity index (χ4n) is 1.73. The Balaban J connectivity index is 0.000000251. The third-order valence-electron chi connectivity index (χ3n) is 2.79. The lowest BCUT2D eigenvalue weighted by molar-refractivity contribution is -0.274. The lowest BCUT2D eigenvalue weighted by atomic mass is 10.1. The predicted molar refractivity (Wildman–Crippen MR) is 96.2 cm³/mol. The summed E-state index contributed by atoms with van der Waals surface area (Å²) in [4.78, 5) is 11.0. The van der Waals surface area contributed by atoms with Crippen LogP contribution in [0.1, 0.15) is 21.5 Å². The molecular formula is C17H15Br2F3O3. The van der Waals surface area contributed by atoms with Crippen LogP contribution in [0.2, 0.25) is 0 Å². The molecule has 0 aromatic heterocycles. The van der Waals surface area contributed by atoms with Gasteiger partial charge in [-0.3, -0.25) is 0 Å². The molecule has 2 aromatic rings. The van der Waals surface area contributed by atoms with E-state index in [0.29, 0.717) is 10.9 Å². The van der Waals surface area contributed by atoms with Gasteiger partial charge in [0, 0.05) is 10.7 Å². The summed E-state index contributed by atoms with van der Waals surface area (Å²) >= 11 is 6.45. The molecule has 0 spiro atoms. The second-order valence-electron chi connectivity index (χ2n) is 4.65. The first-order chi connectivity index (χ1) is 11.8. The number of benzene rings is 2. The summed E-state index contributed by atoms with van der Waals surface area (Å²) in [6, 6.07) is 13.1. The van der Waals surface area contributed by atoms with Crippen molar-refractivity contribution in [2.24, 2.45) is 0 Å². The van der Waals surface area contributed by atoms with Gasteiger partial charge in [-0.1, -0.05) is 56.1 Å². The highest BCUT2D eigenvalue weighted by molar-refractivity contribution is 9.08. The molecule has 0 heterocycles. The van der Waals surface area contributed by atoms with Crippen molar-refractivity contribution in [3.8, 4) is 5.75 Å². The van der Waals surface area contributed by atoms with Crippen molar-refractivity contribution in [1.29, 1.82) is 0 Å². The molecule has 0 atom stereocenters. The lowest BCUT2D eigenvalue weighted by Gasteiger charge is -2.08. The molecule has 25 heavy (non-hydrogen) atoms. The first kappa shape index (κ1) is 21.5. The minimum atomic E-state index is -4.62. The molecule has 0 saturated heterocycles. The molecule has 0 aliphatic rings. The number of methoxy groups -OCH3 is 1. The van der Waals surface area contributed by atoms with Crippen LogP contribution in [0.4, 0.5) is 13.2 Å². The summed E-state index contributed by atoms with van der Waals surface area (Å²) < 4.78 is 43.5. The second kappa shape index (κ2) is 10.5. The molecule has 0 N–H and O–H groups in total. The predicted octanol–water partition coefficient (Wildman–Crippen LogP) is 5.85. The first-order valence-electron chi connectivity index (χ1n) is 6.93. The van der Waals surface area contributed by atoms with Crippen molar-refractivity contribution in [2.75, 3.05) is 7.11 Å². The van der Waals surface area contributed by atoms with E-state index in [0.717, 1.165) is 16.5 Å². The van der Waals surface area contributed by atoms with Crippen molar-refractivity contribution >= 4 is 37.8 Å². The van der Waals surface area contributed by atoms with E-state index in [-0.39, 0.29) is 11.7 Å². The van der Waals surface area contributed by atoms with Crippen LogP contribution < -0.4 is 4.74 Å². The van der Waals surface area contributed by atoms with Crippen molar-refractivity contribution in [3.05, 3.63) is 65.2 Å². The molecule has 0 aliphatic heterocycles. The Morgan fingerprint density at radius 1 is 1.00 bits per heavy atom. The van der Waals surface area contributed by atoms with Gasteiger partial charge in [0.2, 0.25) is 0 Å². The van der Waals surface area contributed by atoms with Gasteiger partial charge in [-0.2, -0.15) is 0 Å². The van der Waals surface area contributed by atoms with Crippen molar-refractivity contribution in [3.63, 3.8) is 0 Å². The standard InChI is InChI=1S/C9H9BrO2.C8H6BrF3O/c1-12-9(11)8-4-2-3-7(5-8)6-10;9-5-6-2-1-3-7(4-6)13-8(10,11)12/h2-5H,6H2,1H3;1-4H,5H2. The summed E-state index contributed by atoms with van der Waals surface area (Å²) in [5.74, 6) is -0.484. The minimum Gasteiger partial charge on any atom is -0.465 e. The van der Waals surface area contributed by atoms with Crippen LogP contribution >= 0.6 is 31.9 Å². The molecule has 3 nitrogen and oxygen atoms in total. The van der Waals surface area contributed by atoms with Gasteiger partial charge in [-0.05, 0) is 35.4 Å². The number of carbonyl (C=O) groups is 1. The number of esters is 1. The van der Waals surface area contributed by atoms with Gasteiger partial charge in [-0.15, -0.1) is 13.2 Å². The third-order valence-corrected chi connectivity index (χ3v) is 4.08. The van der Waals surface area contributed by atoms with Gasteiger partial charge < -0.3 is 9.47 Å².